The Morgan fingerprint density at radius 3 is 2.11 bits per heavy atom. The van der Waals surface area contributed by atoms with Crippen LogP contribution in [-0.2, 0) is 0 Å². The summed E-state index contributed by atoms with van der Waals surface area (Å²) in [6.07, 6.45) is 9.14. The van der Waals surface area contributed by atoms with E-state index in [1.54, 1.807) is 12.6 Å². The van der Waals surface area contributed by atoms with Gasteiger partial charge in [-0.1, -0.05) is 47.3 Å². The molecule has 2 unspecified atom stereocenters. The number of hydrogen-bond acceptors (Lipinski definition) is 6. The number of likely N-dealkylation sites (tertiary alicyclic amines) is 1. The molecule has 2 heterocycles. The van der Waals surface area contributed by atoms with Gasteiger partial charge in [0.05, 0.1) is 12.2 Å². The van der Waals surface area contributed by atoms with E-state index in [-0.39, 0.29) is 27.1 Å². The number of rotatable bonds is 4. The molecule has 0 aromatic carbocycles. The van der Waals surface area contributed by atoms with Crippen LogP contribution in [0.4, 0.5) is 0 Å². The van der Waals surface area contributed by atoms with Crippen molar-refractivity contribution in [3.8, 4) is 0 Å². The lowest BCUT2D eigenvalue weighted by atomic mass is 9.50. The zero-order chi connectivity index (χ0) is 27.8. The minimum absolute atomic E-state index is 0.129. The van der Waals surface area contributed by atoms with E-state index in [0.717, 1.165) is 31.8 Å². The van der Waals surface area contributed by atoms with Gasteiger partial charge in [-0.2, -0.15) is 0 Å². The molecule has 2 atom stereocenters. The smallest absolute Gasteiger partial charge is 0.156 e. The van der Waals surface area contributed by atoms with Crippen LogP contribution < -0.4 is 5.73 Å². The molecule has 6 nitrogen and oxygen atoms in total. The molecule has 7 heteroatoms. The van der Waals surface area contributed by atoms with E-state index in [2.05, 4.69) is 112 Å². The van der Waals surface area contributed by atoms with Gasteiger partial charge < -0.3 is 15.5 Å². The molecule has 0 spiro atoms. The quantitative estimate of drug-likeness (QED) is 0.498. The third kappa shape index (κ3) is 5.71. The van der Waals surface area contributed by atoms with E-state index in [1.807, 2.05) is 12.2 Å². The second-order valence-corrected chi connectivity index (χ2v) is 14.6. The number of aliphatic imine (C=N–C) groups is 3. The van der Waals surface area contributed by atoms with E-state index >= 15 is 0 Å². The molecule has 2 N–H and O–H groups in total. The van der Waals surface area contributed by atoms with Crippen LogP contribution in [-0.4, -0.2) is 76.6 Å². The van der Waals surface area contributed by atoms with Gasteiger partial charge in [-0.15, -0.1) is 9.24 Å². The molecule has 36 heavy (non-hydrogen) atoms. The first-order valence-electron chi connectivity index (χ1n) is 13.3. The summed E-state index contributed by atoms with van der Waals surface area (Å²) in [7, 11) is 5.48. The van der Waals surface area contributed by atoms with Gasteiger partial charge in [-0.3, -0.25) is 9.98 Å². The number of hydrogen-bond donors (Lipinski definition) is 1. The Morgan fingerprint density at radius 1 is 1.08 bits per heavy atom. The summed E-state index contributed by atoms with van der Waals surface area (Å²) >= 11 is 0. The first-order chi connectivity index (χ1) is 16.3. The van der Waals surface area contributed by atoms with E-state index in [9.17, 15) is 0 Å². The van der Waals surface area contributed by atoms with Crippen molar-refractivity contribution in [2.75, 3.05) is 26.7 Å². The topological polar surface area (TPSA) is 69.6 Å². The number of likely N-dealkylation sites (N-methyl/N-ethyl adjacent to an activating group) is 1. The summed E-state index contributed by atoms with van der Waals surface area (Å²) in [6, 6.07) is 0. The van der Waals surface area contributed by atoms with Crippen molar-refractivity contribution >= 4 is 27.6 Å². The third-order valence-electron chi connectivity index (χ3n) is 8.53. The molecular formula is C29H53N6P. The molecule has 2 aliphatic rings. The van der Waals surface area contributed by atoms with E-state index < -0.39 is 5.54 Å². The van der Waals surface area contributed by atoms with Crippen LogP contribution in [0.3, 0.4) is 0 Å². The molecule has 0 aromatic heterocycles. The van der Waals surface area contributed by atoms with Gasteiger partial charge in [0.25, 0.3) is 0 Å². The molecule has 0 amide bonds. The van der Waals surface area contributed by atoms with Crippen LogP contribution in [0.5, 0.6) is 0 Å². The molecule has 1 saturated heterocycles. The van der Waals surface area contributed by atoms with Gasteiger partial charge in [-0.25, -0.2) is 4.99 Å². The highest BCUT2D eigenvalue weighted by Crippen LogP contribution is 2.63. The lowest BCUT2D eigenvalue weighted by Crippen LogP contribution is -2.75. The summed E-state index contributed by atoms with van der Waals surface area (Å²) in [4.78, 5) is 18.7. The normalized spacial score (nSPS) is 27.6. The summed E-state index contributed by atoms with van der Waals surface area (Å²) in [5.74, 6) is 0.782. The van der Waals surface area contributed by atoms with Crippen molar-refractivity contribution in [1.82, 2.24) is 9.80 Å². The summed E-state index contributed by atoms with van der Waals surface area (Å²) < 4.78 is 0. The number of allylic oxidation sites excluding steroid dienone is 1. The van der Waals surface area contributed by atoms with Gasteiger partial charge in [0, 0.05) is 34.5 Å². The lowest BCUT2D eigenvalue weighted by Gasteiger charge is -2.68. The van der Waals surface area contributed by atoms with Gasteiger partial charge in [0.1, 0.15) is 6.34 Å². The average Bonchev–Trinajstić information content (AvgIpc) is 2.70. The molecule has 0 bridgehead atoms. The van der Waals surface area contributed by atoms with Crippen LogP contribution in [0, 0.1) is 10.8 Å². The van der Waals surface area contributed by atoms with Gasteiger partial charge in [0.2, 0.25) is 0 Å². The standard InChI is InChI=1S/C29H53N6P/c1-13-34(12)20-28(11,30)29(36)24(3,4)18-26(7,8)35(27(9,10)19-25(29,5)6)23-22(2)32-17-15-14-16-31-21-33-23/h14-15,17,21H,2,13,16,18-20,30,36H2,1,3-12H3/b15-14-,31-21?,32-17?,33-23?. The molecule has 0 saturated carbocycles. The van der Waals surface area contributed by atoms with Gasteiger partial charge in [0.15, 0.2) is 5.84 Å². The van der Waals surface area contributed by atoms with Crippen molar-refractivity contribution in [1.29, 1.82) is 0 Å². The van der Waals surface area contributed by atoms with Crippen LogP contribution in [0.2, 0.25) is 0 Å². The Bertz CT molecular complexity index is 905. The monoisotopic (exact) mass is 516 g/mol. The van der Waals surface area contributed by atoms with E-state index in [0.29, 0.717) is 12.2 Å². The highest BCUT2D eigenvalue weighted by Gasteiger charge is 2.64. The summed E-state index contributed by atoms with van der Waals surface area (Å²) in [5.41, 5.74) is 6.79. The lowest BCUT2D eigenvalue weighted by molar-refractivity contribution is -0.0700. The highest BCUT2D eigenvalue weighted by molar-refractivity contribution is 7.19. The van der Waals surface area contributed by atoms with Gasteiger partial charge >= 0.3 is 0 Å². The zero-order valence-corrected chi connectivity index (χ0v) is 26.1. The van der Waals surface area contributed by atoms with Crippen LogP contribution in [0.15, 0.2) is 39.4 Å². The Balaban J connectivity index is 2.75. The van der Waals surface area contributed by atoms with Crippen LogP contribution in [0.1, 0.15) is 82.1 Å². The number of nitrogens with two attached hydrogens (primary N) is 1. The molecule has 1 fully saturated rings. The molecule has 204 valence electrons. The Kier molecular flexibility index (Phi) is 8.93. The van der Waals surface area contributed by atoms with Crippen LogP contribution >= 0.6 is 9.24 Å². The second-order valence-electron chi connectivity index (χ2n) is 13.7. The molecule has 2 aliphatic heterocycles. The molecule has 0 radical (unpaired) electrons. The fourth-order valence-corrected chi connectivity index (χ4v) is 8.32. The largest absolute Gasteiger partial charge is 0.345 e. The van der Waals surface area contributed by atoms with Crippen molar-refractivity contribution in [3.63, 3.8) is 0 Å². The van der Waals surface area contributed by atoms with Crippen molar-refractivity contribution in [2.45, 2.75) is 104 Å². The molecule has 0 aromatic rings. The average molecular weight is 517 g/mol. The Morgan fingerprint density at radius 2 is 1.61 bits per heavy atom. The van der Waals surface area contributed by atoms with Gasteiger partial charge in [-0.05, 0) is 78.0 Å². The molecule has 0 aliphatic carbocycles. The Labute approximate surface area is 223 Å². The van der Waals surface area contributed by atoms with E-state index in [1.165, 1.54) is 0 Å². The van der Waals surface area contributed by atoms with Crippen molar-refractivity contribution in [3.05, 3.63) is 24.4 Å². The third-order valence-corrected chi connectivity index (χ3v) is 10.8. The zero-order valence-electron chi connectivity index (χ0n) is 24.9. The molecular weight excluding hydrogens is 463 g/mol. The van der Waals surface area contributed by atoms with E-state index in [4.69, 9.17) is 10.7 Å². The number of nitrogens with zero attached hydrogens (tertiary/aromatic N) is 5. The predicted molar refractivity (Wildman–Crippen MR) is 163 cm³/mol. The maximum Gasteiger partial charge on any atom is 0.156 e. The number of amidine groups is 1. The maximum atomic E-state index is 7.36. The fourth-order valence-electron chi connectivity index (χ4n) is 8.03. The predicted octanol–water partition coefficient (Wildman–Crippen LogP) is 5.56. The summed E-state index contributed by atoms with van der Waals surface area (Å²) in [5, 5.41) is -0.253. The first-order valence-corrected chi connectivity index (χ1v) is 13.8. The SMILES string of the molecule is C=C1N=C/C=C\CN=CN=C1N1C(C)(C)CC(C)(C)C(P)(C(C)(N)CN(C)CC)C(C)(C)CC1(C)C. The van der Waals surface area contributed by atoms with Crippen LogP contribution in [0.25, 0.3) is 0 Å². The minimum Gasteiger partial charge on any atom is -0.345 e. The van der Waals surface area contributed by atoms with Crippen molar-refractivity contribution in [2.24, 2.45) is 31.5 Å². The first kappa shape index (κ1) is 30.9. The Hall–Kier alpha value is -1.36. The highest BCUT2D eigenvalue weighted by atomic mass is 31.0. The fraction of sp³-hybridized carbons (Fsp3) is 0.759. The minimum atomic E-state index is -0.440. The molecule has 2 rings (SSSR count). The summed E-state index contributed by atoms with van der Waals surface area (Å²) in [6.45, 7) is 30.0. The van der Waals surface area contributed by atoms with Crippen molar-refractivity contribution < 1.29 is 0 Å². The maximum absolute atomic E-state index is 7.36. The second kappa shape index (κ2) is 10.4.